The fraction of sp³-hybridized carbons (Fsp3) is 0.500. The first-order valence-electron chi connectivity index (χ1n) is 11.8. The minimum Gasteiger partial charge on any atom is -0.478 e. The zero-order valence-corrected chi connectivity index (χ0v) is 21.2. The number of alkyl halides is 3. The van der Waals surface area contributed by atoms with Gasteiger partial charge in [0.25, 0.3) is 0 Å². The second-order valence-corrected chi connectivity index (χ2v) is 10.1. The molecule has 11 nitrogen and oxygen atoms in total. The summed E-state index contributed by atoms with van der Waals surface area (Å²) in [7, 11) is 0. The molecule has 1 aliphatic heterocycles. The van der Waals surface area contributed by atoms with Crippen LogP contribution in [0.25, 0.3) is 22.4 Å². The van der Waals surface area contributed by atoms with E-state index in [-0.39, 0.29) is 39.7 Å². The number of rotatable bonds is 4. The van der Waals surface area contributed by atoms with Gasteiger partial charge in [0.2, 0.25) is 5.91 Å². The van der Waals surface area contributed by atoms with Gasteiger partial charge in [-0.25, -0.2) is 14.8 Å². The van der Waals surface area contributed by atoms with Gasteiger partial charge in [-0.2, -0.15) is 23.5 Å². The Bertz CT molecular complexity index is 1330. The Morgan fingerprint density at radius 2 is 1.92 bits per heavy atom. The van der Waals surface area contributed by atoms with Crippen LogP contribution in [0.1, 0.15) is 44.0 Å². The van der Waals surface area contributed by atoms with Gasteiger partial charge in [0, 0.05) is 37.0 Å². The highest BCUT2D eigenvalue weighted by Gasteiger charge is 2.33. The summed E-state index contributed by atoms with van der Waals surface area (Å²) in [5.41, 5.74) is 6.64. The third-order valence-electron chi connectivity index (χ3n) is 6.07. The molecule has 4 heterocycles. The van der Waals surface area contributed by atoms with Gasteiger partial charge >= 0.3 is 12.1 Å². The van der Waals surface area contributed by atoms with Crippen LogP contribution in [0.4, 0.5) is 13.2 Å². The van der Waals surface area contributed by atoms with Gasteiger partial charge in [-0.05, 0) is 18.3 Å². The van der Waals surface area contributed by atoms with Crippen molar-refractivity contribution < 1.29 is 27.9 Å². The minimum atomic E-state index is -4.38. The summed E-state index contributed by atoms with van der Waals surface area (Å²) < 4.78 is 37.6. The lowest BCUT2D eigenvalue weighted by Gasteiger charge is -2.35. The molecule has 0 radical (unpaired) electrons. The van der Waals surface area contributed by atoms with Crippen LogP contribution in [-0.4, -0.2) is 71.9 Å². The number of aromatic carboxylic acids is 1. The number of nitriles is 1. The summed E-state index contributed by atoms with van der Waals surface area (Å²) in [5, 5.41) is 21.4. The van der Waals surface area contributed by atoms with Crippen molar-refractivity contribution in [2.75, 3.05) is 13.1 Å². The number of likely N-dealkylation sites (tertiary alicyclic amines) is 1. The molecule has 1 atom stereocenters. The number of hydrogen-bond acceptors (Lipinski definition) is 7. The number of carbonyl (C=O) groups is 2. The summed E-state index contributed by atoms with van der Waals surface area (Å²) >= 11 is 0. The van der Waals surface area contributed by atoms with Crippen LogP contribution in [0.3, 0.4) is 0 Å². The number of nitrogens with one attached hydrogen (secondary N) is 1. The smallest absolute Gasteiger partial charge is 0.408 e. The molecule has 0 aliphatic carbocycles. The Morgan fingerprint density at radius 3 is 2.47 bits per heavy atom. The predicted octanol–water partition coefficient (Wildman–Crippen LogP) is 3.20. The lowest BCUT2D eigenvalue weighted by molar-refractivity contribution is -0.142. The lowest BCUT2D eigenvalue weighted by atomic mass is 9.86. The molecule has 38 heavy (non-hydrogen) atoms. The normalized spacial score (nSPS) is 15.5. The Morgan fingerprint density at radius 1 is 1.26 bits per heavy atom. The summed E-state index contributed by atoms with van der Waals surface area (Å²) in [6.07, 6.45) is 2.16. The molecule has 14 heteroatoms. The van der Waals surface area contributed by atoms with Crippen molar-refractivity contribution in [1.29, 1.82) is 5.26 Å². The molecule has 1 fully saturated rings. The van der Waals surface area contributed by atoms with Crippen molar-refractivity contribution in [3.8, 4) is 17.3 Å². The molecule has 0 saturated carbocycles. The molecule has 4 N–H and O–H groups in total. The summed E-state index contributed by atoms with van der Waals surface area (Å²) in [4.78, 5) is 35.7. The van der Waals surface area contributed by atoms with Gasteiger partial charge in [0.05, 0.1) is 30.2 Å². The highest BCUT2D eigenvalue weighted by atomic mass is 19.4. The van der Waals surface area contributed by atoms with Gasteiger partial charge in [-0.1, -0.05) is 20.8 Å². The Kier molecular flexibility index (Phi) is 8.41. The number of nitrogens with zero attached hydrogens (tertiary/aromatic N) is 6. The summed E-state index contributed by atoms with van der Waals surface area (Å²) in [6, 6.07) is 1.80. The minimum absolute atomic E-state index is 0.0175. The molecule has 0 spiro atoms. The molecule has 4 rings (SSSR count). The highest BCUT2D eigenvalue weighted by Crippen LogP contribution is 2.24. The topological polar surface area (TPSA) is 167 Å². The third-order valence-corrected chi connectivity index (χ3v) is 6.07. The number of fused-ring (bicyclic) bond motifs is 1. The molecule has 204 valence electrons. The second kappa shape index (κ2) is 11.2. The van der Waals surface area contributed by atoms with E-state index in [9.17, 15) is 22.8 Å². The molecule has 0 aromatic carbocycles. The van der Waals surface area contributed by atoms with Crippen LogP contribution >= 0.6 is 0 Å². The van der Waals surface area contributed by atoms with E-state index in [1.165, 1.54) is 24.8 Å². The van der Waals surface area contributed by atoms with Crippen LogP contribution in [0.2, 0.25) is 0 Å². The van der Waals surface area contributed by atoms with Gasteiger partial charge < -0.3 is 20.7 Å². The van der Waals surface area contributed by atoms with Crippen molar-refractivity contribution in [2.24, 2.45) is 17.1 Å². The number of nitrogens with two attached hydrogens (primary N) is 1. The van der Waals surface area contributed by atoms with E-state index < -0.39 is 24.7 Å². The van der Waals surface area contributed by atoms with E-state index in [0.29, 0.717) is 18.7 Å². The number of halogens is 3. The number of piperidine rings is 1. The average Bonchev–Trinajstić information content (AvgIpc) is 3.48. The molecule has 1 amide bonds. The fourth-order valence-electron chi connectivity index (χ4n) is 3.76. The zero-order valence-electron chi connectivity index (χ0n) is 21.2. The number of amides is 1. The van der Waals surface area contributed by atoms with E-state index >= 15 is 0 Å². The van der Waals surface area contributed by atoms with Gasteiger partial charge in [-0.15, -0.1) is 0 Å². The maximum absolute atomic E-state index is 12.3. The maximum Gasteiger partial charge on any atom is 0.408 e. The van der Waals surface area contributed by atoms with E-state index in [4.69, 9.17) is 16.1 Å². The van der Waals surface area contributed by atoms with E-state index in [0.717, 1.165) is 17.5 Å². The van der Waals surface area contributed by atoms with Crippen LogP contribution < -0.4 is 5.73 Å². The number of carbonyl (C=O) groups excluding carboxylic acids is 1. The Labute approximate surface area is 216 Å². The summed E-state index contributed by atoms with van der Waals surface area (Å²) in [5.74, 6) is -1.05. The summed E-state index contributed by atoms with van der Waals surface area (Å²) in [6.45, 7) is 6.03. The largest absolute Gasteiger partial charge is 0.478 e. The van der Waals surface area contributed by atoms with Gasteiger partial charge in [0.15, 0.2) is 5.65 Å². The van der Waals surface area contributed by atoms with Crippen molar-refractivity contribution in [3.05, 3.63) is 30.4 Å². The lowest BCUT2D eigenvalue weighted by Crippen LogP contribution is -2.52. The van der Waals surface area contributed by atoms with E-state index in [1.807, 2.05) is 20.8 Å². The maximum atomic E-state index is 12.3. The molecular formula is C24H29F3N8O3. The SMILES string of the molecule is CC(C)(C)[C@@H](N)C(=O)N1CCC(C#N)CC1.O=C(O)c1c[nH]c2ncc(-c3cnn(CC(F)(F)F)c3)nc12. The standard InChI is InChI=1S/C12H8F3N5O2.C12H21N3O/c13-12(14,15)5-20-4-6(1-18-20)8-3-17-10-9(19-8)7(2-16-10)11(21)22;1-12(2,3)10(14)11(16)15-6-4-9(8-13)5-7-15/h1-4H,5H2,(H,16,17)(H,21,22);9-10H,4-7,14H2,1-3H3/t;10-/m.0/s1. The van der Waals surface area contributed by atoms with Crippen LogP contribution in [0, 0.1) is 22.7 Å². The first kappa shape index (κ1) is 28.6. The van der Waals surface area contributed by atoms with E-state index in [1.54, 1.807) is 4.90 Å². The molecule has 0 bridgehead atoms. The molecule has 0 unspecified atom stereocenters. The Balaban J connectivity index is 0.000000223. The third kappa shape index (κ3) is 7.06. The van der Waals surface area contributed by atoms with Crippen molar-refractivity contribution in [1.82, 2.24) is 29.6 Å². The predicted molar refractivity (Wildman–Crippen MR) is 130 cm³/mol. The van der Waals surface area contributed by atoms with E-state index in [2.05, 4.69) is 26.1 Å². The average molecular weight is 535 g/mol. The monoisotopic (exact) mass is 534 g/mol. The molecule has 3 aromatic heterocycles. The zero-order chi connectivity index (χ0) is 28.3. The number of hydrogen-bond donors (Lipinski definition) is 3. The fourth-order valence-corrected chi connectivity index (χ4v) is 3.76. The number of carboxylic acids is 1. The quantitative estimate of drug-likeness (QED) is 0.459. The molecule has 1 aliphatic rings. The Hall–Kier alpha value is -3.99. The van der Waals surface area contributed by atoms with Gasteiger partial charge in [-0.3, -0.25) is 9.48 Å². The van der Waals surface area contributed by atoms with Crippen molar-refractivity contribution in [3.63, 3.8) is 0 Å². The first-order chi connectivity index (χ1) is 17.7. The van der Waals surface area contributed by atoms with Crippen molar-refractivity contribution in [2.45, 2.75) is 52.4 Å². The molecule has 1 saturated heterocycles. The number of H-pyrrole nitrogens is 1. The van der Waals surface area contributed by atoms with Crippen molar-refractivity contribution >= 4 is 23.0 Å². The number of carboxylic acid groups (broad SMARTS) is 1. The number of aromatic nitrogens is 5. The van der Waals surface area contributed by atoms with Crippen LogP contribution in [-0.2, 0) is 11.3 Å². The van der Waals surface area contributed by atoms with Gasteiger partial charge in [0.1, 0.15) is 17.6 Å². The highest BCUT2D eigenvalue weighted by molar-refractivity contribution is 6.00. The molecular weight excluding hydrogens is 505 g/mol. The number of aromatic amines is 1. The van der Waals surface area contributed by atoms with Crippen LogP contribution in [0.15, 0.2) is 24.8 Å². The van der Waals surface area contributed by atoms with Crippen LogP contribution in [0.5, 0.6) is 0 Å². The first-order valence-corrected chi connectivity index (χ1v) is 11.8. The molecule has 3 aromatic rings. The second-order valence-electron chi connectivity index (χ2n) is 10.1.